The number of hydrogen-bond acceptors (Lipinski definition) is 2. The number of rotatable bonds is 1. The minimum atomic E-state index is 0.240. The maximum absolute atomic E-state index is 6.33. The van der Waals surface area contributed by atoms with E-state index in [-0.39, 0.29) is 5.60 Å². The Kier molecular flexibility index (Phi) is 3.92. The highest BCUT2D eigenvalue weighted by atomic mass is 16.5. The molecular weight excluding hydrogens is 246 g/mol. The summed E-state index contributed by atoms with van der Waals surface area (Å²) in [6.07, 6.45) is 12.1. The lowest BCUT2D eigenvalue weighted by Gasteiger charge is -2.54. The van der Waals surface area contributed by atoms with Gasteiger partial charge in [-0.15, -0.1) is 0 Å². The molecule has 0 aromatic carbocycles. The van der Waals surface area contributed by atoms with Crippen molar-refractivity contribution in [2.24, 2.45) is 11.3 Å². The van der Waals surface area contributed by atoms with E-state index < -0.39 is 0 Å². The first kappa shape index (κ1) is 14.8. The van der Waals surface area contributed by atoms with Crippen LogP contribution >= 0.6 is 0 Å². The summed E-state index contributed by atoms with van der Waals surface area (Å²) >= 11 is 0. The normalized spacial score (nSPS) is 38.2. The molecule has 0 aromatic heterocycles. The van der Waals surface area contributed by atoms with Gasteiger partial charge in [0.15, 0.2) is 0 Å². The van der Waals surface area contributed by atoms with E-state index in [0.29, 0.717) is 11.0 Å². The van der Waals surface area contributed by atoms with Crippen molar-refractivity contribution >= 4 is 0 Å². The molecule has 0 aromatic rings. The van der Waals surface area contributed by atoms with Crippen molar-refractivity contribution in [3.63, 3.8) is 0 Å². The van der Waals surface area contributed by atoms with Crippen LogP contribution in [0.2, 0.25) is 0 Å². The van der Waals surface area contributed by atoms with Crippen molar-refractivity contribution in [3.05, 3.63) is 0 Å². The van der Waals surface area contributed by atoms with Crippen LogP contribution in [0.25, 0.3) is 0 Å². The van der Waals surface area contributed by atoms with Gasteiger partial charge in [-0.05, 0) is 56.4 Å². The van der Waals surface area contributed by atoms with Crippen molar-refractivity contribution in [1.29, 1.82) is 0 Å². The molecule has 2 aliphatic heterocycles. The molecular formula is C18H33NO. The Labute approximate surface area is 125 Å². The fourth-order valence-corrected chi connectivity index (χ4v) is 5.36. The predicted molar refractivity (Wildman–Crippen MR) is 83.9 cm³/mol. The lowest BCUT2D eigenvalue weighted by atomic mass is 9.60. The third-order valence-electron chi connectivity index (χ3n) is 6.48. The molecule has 2 unspecified atom stereocenters. The van der Waals surface area contributed by atoms with E-state index in [1.165, 1.54) is 64.3 Å². The molecule has 2 heterocycles. The summed E-state index contributed by atoms with van der Waals surface area (Å²) < 4.78 is 6.33. The second-order valence-electron chi connectivity index (χ2n) is 8.53. The predicted octanol–water partition coefficient (Wildman–Crippen LogP) is 4.28. The van der Waals surface area contributed by atoms with Gasteiger partial charge in [0.25, 0.3) is 0 Å². The molecule has 3 rings (SSSR count). The zero-order valence-electron chi connectivity index (χ0n) is 13.8. The molecule has 1 saturated carbocycles. The first-order chi connectivity index (χ1) is 9.48. The van der Waals surface area contributed by atoms with Crippen molar-refractivity contribution in [3.8, 4) is 0 Å². The van der Waals surface area contributed by atoms with Crippen molar-refractivity contribution in [2.75, 3.05) is 13.2 Å². The summed E-state index contributed by atoms with van der Waals surface area (Å²) in [7, 11) is 0. The molecule has 3 fully saturated rings. The molecule has 20 heavy (non-hydrogen) atoms. The van der Waals surface area contributed by atoms with E-state index in [4.69, 9.17) is 4.74 Å². The molecule has 2 atom stereocenters. The summed E-state index contributed by atoms with van der Waals surface area (Å²) in [6.45, 7) is 9.52. The minimum Gasteiger partial charge on any atom is -0.375 e. The Balaban J connectivity index is 1.81. The van der Waals surface area contributed by atoms with Gasteiger partial charge >= 0.3 is 0 Å². The molecule has 0 radical (unpaired) electrons. The summed E-state index contributed by atoms with van der Waals surface area (Å²) in [5.41, 5.74) is 0.937. The lowest BCUT2D eigenvalue weighted by Crippen LogP contribution is -2.60. The largest absolute Gasteiger partial charge is 0.375 e. The smallest absolute Gasteiger partial charge is 0.0685 e. The van der Waals surface area contributed by atoms with Gasteiger partial charge in [0.05, 0.1) is 5.60 Å². The molecule has 0 bridgehead atoms. The zero-order valence-corrected chi connectivity index (χ0v) is 13.8. The highest BCUT2D eigenvalue weighted by molar-refractivity contribution is 5.08. The highest BCUT2D eigenvalue weighted by Gasteiger charge is 2.53. The third-order valence-corrected chi connectivity index (χ3v) is 6.48. The fourth-order valence-electron chi connectivity index (χ4n) is 5.36. The topological polar surface area (TPSA) is 21.3 Å². The van der Waals surface area contributed by atoms with Crippen LogP contribution in [0.1, 0.15) is 78.6 Å². The average Bonchev–Trinajstić information content (AvgIpc) is 2.90. The molecule has 3 aliphatic rings. The molecule has 116 valence electrons. The van der Waals surface area contributed by atoms with Crippen molar-refractivity contribution in [2.45, 2.75) is 89.7 Å². The molecule has 1 spiro atoms. The maximum Gasteiger partial charge on any atom is 0.0685 e. The van der Waals surface area contributed by atoms with Gasteiger partial charge in [-0.25, -0.2) is 0 Å². The molecule has 2 heteroatoms. The van der Waals surface area contributed by atoms with Gasteiger partial charge in [-0.3, -0.25) is 0 Å². The maximum atomic E-state index is 6.33. The summed E-state index contributed by atoms with van der Waals surface area (Å²) in [5.74, 6) is 0.803. The van der Waals surface area contributed by atoms with Gasteiger partial charge in [-0.1, -0.05) is 40.0 Å². The number of nitrogens with one attached hydrogen (secondary N) is 1. The van der Waals surface area contributed by atoms with Gasteiger partial charge in [-0.2, -0.15) is 0 Å². The van der Waals surface area contributed by atoms with E-state index in [9.17, 15) is 0 Å². The molecule has 1 N–H and O–H groups in total. The minimum absolute atomic E-state index is 0.240. The fraction of sp³-hybridized carbons (Fsp3) is 1.00. The zero-order chi connectivity index (χ0) is 14.3. The third kappa shape index (κ3) is 2.43. The van der Waals surface area contributed by atoms with Gasteiger partial charge < -0.3 is 10.1 Å². The lowest BCUT2D eigenvalue weighted by molar-refractivity contribution is -0.138. The monoisotopic (exact) mass is 279 g/mol. The SMILES string of the molecule is CC(C)(C)C1(C2CCOC3(CCCCC3)C2)CCCN1. The van der Waals surface area contributed by atoms with Crippen molar-refractivity contribution < 1.29 is 4.74 Å². The number of ether oxygens (including phenoxy) is 1. The van der Waals surface area contributed by atoms with E-state index in [1.54, 1.807) is 0 Å². The van der Waals surface area contributed by atoms with Crippen LogP contribution in [-0.4, -0.2) is 24.3 Å². The Morgan fingerprint density at radius 1 is 1.00 bits per heavy atom. The summed E-state index contributed by atoms with van der Waals surface area (Å²) in [4.78, 5) is 0. The highest BCUT2D eigenvalue weighted by Crippen LogP contribution is 2.51. The van der Waals surface area contributed by atoms with Crippen LogP contribution in [0, 0.1) is 11.3 Å². The molecule has 0 amide bonds. The Bertz CT molecular complexity index is 326. The summed E-state index contributed by atoms with van der Waals surface area (Å²) in [5, 5.41) is 3.95. The van der Waals surface area contributed by atoms with Crippen LogP contribution in [-0.2, 0) is 4.74 Å². The van der Waals surface area contributed by atoms with E-state index >= 15 is 0 Å². The van der Waals surface area contributed by atoms with Crippen molar-refractivity contribution in [1.82, 2.24) is 5.32 Å². The Morgan fingerprint density at radius 2 is 1.75 bits per heavy atom. The first-order valence-electron chi connectivity index (χ1n) is 8.87. The molecule has 2 nitrogen and oxygen atoms in total. The van der Waals surface area contributed by atoms with Crippen LogP contribution in [0.5, 0.6) is 0 Å². The van der Waals surface area contributed by atoms with Crippen LogP contribution in [0.3, 0.4) is 0 Å². The molecule has 1 aliphatic carbocycles. The van der Waals surface area contributed by atoms with Crippen LogP contribution in [0.15, 0.2) is 0 Å². The number of hydrogen-bond donors (Lipinski definition) is 1. The van der Waals surface area contributed by atoms with E-state index in [0.717, 1.165) is 12.5 Å². The Morgan fingerprint density at radius 3 is 2.35 bits per heavy atom. The second-order valence-corrected chi connectivity index (χ2v) is 8.53. The van der Waals surface area contributed by atoms with Gasteiger partial charge in [0.2, 0.25) is 0 Å². The second kappa shape index (κ2) is 5.28. The van der Waals surface area contributed by atoms with E-state index in [2.05, 4.69) is 26.1 Å². The van der Waals surface area contributed by atoms with E-state index in [1.807, 2.05) is 0 Å². The first-order valence-corrected chi connectivity index (χ1v) is 8.87. The standard InChI is InChI=1S/C18H33NO/c1-16(2,3)18(11-7-12-19-18)15-8-13-20-17(14-15)9-5-4-6-10-17/h15,19H,4-14H2,1-3H3. The quantitative estimate of drug-likeness (QED) is 0.773. The Hall–Kier alpha value is -0.0800. The van der Waals surface area contributed by atoms with Gasteiger partial charge in [0, 0.05) is 12.1 Å². The van der Waals surface area contributed by atoms with Gasteiger partial charge in [0.1, 0.15) is 0 Å². The van der Waals surface area contributed by atoms with Crippen LogP contribution in [0.4, 0.5) is 0 Å². The average molecular weight is 279 g/mol. The van der Waals surface area contributed by atoms with Crippen LogP contribution < -0.4 is 5.32 Å². The summed E-state index contributed by atoms with van der Waals surface area (Å²) in [6, 6.07) is 0. The molecule has 2 saturated heterocycles.